The summed E-state index contributed by atoms with van der Waals surface area (Å²) in [5.41, 5.74) is 7.45. The summed E-state index contributed by atoms with van der Waals surface area (Å²) < 4.78 is 5.66. The number of phenols is 1. The highest BCUT2D eigenvalue weighted by Crippen LogP contribution is 2.34. The predicted octanol–water partition coefficient (Wildman–Crippen LogP) is 2.86. The first-order chi connectivity index (χ1) is 9.61. The zero-order valence-electron chi connectivity index (χ0n) is 11.2. The highest BCUT2D eigenvalue weighted by molar-refractivity contribution is 5.69. The topological polar surface area (TPSA) is 72.5 Å². The normalized spacial score (nSPS) is 11.8. The third-order valence-corrected chi connectivity index (χ3v) is 3.09. The molecule has 0 bridgehead atoms. The van der Waals surface area contributed by atoms with Crippen LogP contribution < -0.4 is 10.5 Å². The van der Waals surface area contributed by atoms with E-state index in [1.165, 1.54) is 0 Å². The van der Waals surface area contributed by atoms with Gasteiger partial charge < -0.3 is 20.4 Å². The molecule has 0 spiro atoms. The Bertz CT molecular complexity index is 596. The summed E-state index contributed by atoms with van der Waals surface area (Å²) >= 11 is 0. The van der Waals surface area contributed by atoms with Gasteiger partial charge in [-0.15, -0.1) is 0 Å². The number of hydrogen-bond donors (Lipinski definition) is 2. The third kappa shape index (κ3) is 3.09. The van der Waals surface area contributed by atoms with Crippen molar-refractivity contribution in [3.05, 3.63) is 53.6 Å². The second kappa shape index (κ2) is 6.10. The van der Waals surface area contributed by atoms with Crippen LogP contribution in [0.4, 0.5) is 5.69 Å². The van der Waals surface area contributed by atoms with Crippen LogP contribution in [-0.4, -0.2) is 11.4 Å². The number of phenolic OH excluding ortho intramolecular Hbond substituents is 1. The largest absolute Gasteiger partial charge is 0.505 e. The van der Waals surface area contributed by atoms with Gasteiger partial charge in [-0.25, -0.2) is 0 Å². The van der Waals surface area contributed by atoms with Crippen LogP contribution in [0.25, 0.3) is 0 Å². The minimum atomic E-state index is -0.433. The Hall–Kier alpha value is -2.49. The molecule has 0 aromatic heterocycles. The van der Waals surface area contributed by atoms with Crippen LogP contribution in [0.15, 0.2) is 42.5 Å². The average molecular weight is 271 g/mol. The lowest BCUT2D eigenvalue weighted by Gasteiger charge is -2.13. The lowest BCUT2D eigenvalue weighted by Crippen LogP contribution is -2.01. The quantitative estimate of drug-likeness (QED) is 0.498. The van der Waals surface area contributed by atoms with Gasteiger partial charge in [0.15, 0.2) is 0 Å². The number of nitrogens with two attached hydrogens (primary N) is 1. The average Bonchev–Trinajstić information content (AvgIpc) is 2.48. The van der Waals surface area contributed by atoms with Gasteiger partial charge in [-0.3, -0.25) is 0 Å². The van der Waals surface area contributed by atoms with Gasteiger partial charge in [0.2, 0.25) is 0 Å². The van der Waals surface area contributed by atoms with Crippen molar-refractivity contribution in [3.8, 4) is 11.5 Å². The van der Waals surface area contributed by atoms with E-state index in [1.807, 2.05) is 30.3 Å². The van der Waals surface area contributed by atoms with Crippen LogP contribution >= 0.6 is 0 Å². The summed E-state index contributed by atoms with van der Waals surface area (Å²) in [5, 5.41) is 9.87. The fraction of sp³-hybridized carbons (Fsp3) is 0.188. The molecule has 0 saturated heterocycles. The van der Waals surface area contributed by atoms with E-state index in [1.54, 1.807) is 19.1 Å². The fourth-order valence-electron chi connectivity index (χ4n) is 1.90. The minimum absolute atomic E-state index is 0.0586. The molecule has 1 unspecified atom stereocenters. The van der Waals surface area contributed by atoms with Crippen LogP contribution in [0, 0.1) is 0 Å². The first-order valence-electron chi connectivity index (χ1n) is 6.36. The maximum absolute atomic E-state index is 10.9. The van der Waals surface area contributed by atoms with E-state index in [0.717, 1.165) is 11.8 Å². The Morgan fingerprint density at radius 1 is 1.30 bits per heavy atom. The molecule has 0 fully saturated rings. The lowest BCUT2D eigenvalue weighted by molar-refractivity contribution is -0.108. The van der Waals surface area contributed by atoms with Crippen LogP contribution in [0.3, 0.4) is 0 Å². The summed E-state index contributed by atoms with van der Waals surface area (Å²) in [5.74, 6) is 0.0436. The van der Waals surface area contributed by atoms with E-state index in [4.69, 9.17) is 10.5 Å². The van der Waals surface area contributed by atoms with E-state index in [2.05, 4.69) is 0 Å². The third-order valence-electron chi connectivity index (χ3n) is 3.09. The number of rotatable bonds is 5. The fourth-order valence-corrected chi connectivity index (χ4v) is 1.90. The molecule has 0 radical (unpaired) electrons. The number of aldehydes is 1. The predicted molar refractivity (Wildman–Crippen MR) is 77.8 cm³/mol. The van der Waals surface area contributed by atoms with Crippen molar-refractivity contribution in [1.29, 1.82) is 0 Å². The molecule has 2 aromatic rings. The molecule has 4 heteroatoms. The van der Waals surface area contributed by atoms with Crippen LogP contribution in [0.5, 0.6) is 11.5 Å². The van der Waals surface area contributed by atoms with Crippen molar-refractivity contribution >= 4 is 12.0 Å². The summed E-state index contributed by atoms with van der Waals surface area (Å²) in [4.78, 5) is 10.9. The second-order valence-corrected chi connectivity index (χ2v) is 4.65. The van der Waals surface area contributed by atoms with E-state index < -0.39 is 5.92 Å². The van der Waals surface area contributed by atoms with Crippen molar-refractivity contribution < 1.29 is 14.6 Å². The van der Waals surface area contributed by atoms with Gasteiger partial charge >= 0.3 is 0 Å². The van der Waals surface area contributed by atoms with Crippen LogP contribution in [-0.2, 0) is 11.4 Å². The van der Waals surface area contributed by atoms with Crippen LogP contribution in [0.1, 0.15) is 24.0 Å². The van der Waals surface area contributed by atoms with Gasteiger partial charge in [0.1, 0.15) is 24.4 Å². The number of carbonyl (C=O) groups is 1. The molecule has 20 heavy (non-hydrogen) atoms. The zero-order valence-corrected chi connectivity index (χ0v) is 11.2. The van der Waals surface area contributed by atoms with Crippen molar-refractivity contribution in [2.24, 2.45) is 0 Å². The summed E-state index contributed by atoms with van der Waals surface area (Å²) in [6, 6.07) is 12.9. The first-order valence-corrected chi connectivity index (χ1v) is 6.36. The second-order valence-electron chi connectivity index (χ2n) is 4.65. The van der Waals surface area contributed by atoms with E-state index in [9.17, 15) is 9.90 Å². The number of nitrogen functional groups attached to an aromatic ring is 1. The van der Waals surface area contributed by atoms with Crippen molar-refractivity contribution in [2.75, 3.05) is 5.73 Å². The minimum Gasteiger partial charge on any atom is -0.505 e. The maximum Gasteiger partial charge on any atom is 0.142 e. The molecular weight excluding hydrogens is 254 g/mol. The molecule has 0 aliphatic heterocycles. The van der Waals surface area contributed by atoms with Crippen molar-refractivity contribution in [2.45, 2.75) is 19.4 Å². The smallest absolute Gasteiger partial charge is 0.142 e. The molecule has 104 valence electrons. The molecule has 4 nitrogen and oxygen atoms in total. The molecule has 0 heterocycles. The lowest BCUT2D eigenvalue weighted by atomic mass is 10.0. The first kappa shape index (κ1) is 13.9. The maximum atomic E-state index is 10.9. The molecule has 2 rings (SSSR count). The highest BCUT2D eigenvalue weighted by Gasteiger charge is 2.14. The molecule has 0 saturated carbocycles. The highest BCUT2D eigenvalue weighted by atomic mass is 16.5. The number of ether oxygens (including phenoxy) is 1. The van der Waals surface area contributed by atoms with Crippen LogP contribution in [0.2, 0.25) is 0 Å². The Kier molecular flexibility index (Phi) is 4.25. The number of aromatic hydroxyl groups is 1. The Morgan fingerprint density at radius 3 is 2.65 bits per heavy atom. The number of anilines is 1. The molecule has 3 N–H and O–H groups in total. The Morgan fingerprint density at radius 2 is 2.00 bits per heavy atom. The van der Waals surface area contributed by atoms with Gasteiger partial charge in [0.05, 0.1) is 5.69 Å². The monoisotopic (exact) mass is 271 g/mol. The molecule has 1 atom stereocenters. The van der Waals surface area contributed by atoms with Gasteiger partial charge in [-0.2, -0.15) is 0 Å². The Balaban J connectivity index is 2.20. The van der Waals surface area contributed by atoms with Gasteiger partial charge in [0, 0.05) is 17.5 Å². The van der Waals surface area contributed by atoms with E-state index in [-0.39, 0.29) is 11.4 Å². The molecule has 0 amide bonds. The molecule has 0 aliphatic rings. The van der Waals surface area contributed by atoms with E-state index >= 15 is 0 Å². The zero-order chi connectivity index (χ0) is 14.5. The van der Waals surface area contributed by atoms with E-state index in [0.29, 0.717) is 17.9 Å². The van der Waals surface area contributed by atoms with Crippen molar-refractivity contribution in [1.82, 2.24) is 0 Å². The standard InChI is InChI=1S/C16H17NO3/c1-11(9-18)14-7-13(8-15(17)16(14)19)20-10-12-5-3-2-4-6-12/h2-9,11,19H,10,17H2,1H3. The number of benzene rings is 2. The number of hydrogen-bond acceptors (Lipinski definition) is 4. The molecule has 0 aliphatic carbocycles. The van der Waals surface area contributed by atoms with Crippen molar-refractivity contribution in [3.63, 3.8) is 0 Å². The summed E-state index contributed by atoms with van der Waals surface area (Å²) in [6.45, 7) is 2.10. The van der Waals surface area contributed by atoms with Gasteiger partial charge in [0.25, 0.3) is 0 Å². The Labute approximate surface area is 117 Å². The summed E-state index contributed by atoms with van der Waals surface area (Å²) in [6.07, 6.45) is 0.759. The van der Waals surface area contributed by atoms with Gasteiger partial charge in [-0.1, -0.05) is 37.3 Å². The molecule has 2 aromatic carbocycles. The summed E-state index contributed by atoms with van der Waals surface area (Å²) in [7, 11) is 0. The van der Waals surface area contributed by atoms with Gasteiger partial charge in [-0.05, 0) is 11.6 Å². The number of carbonyl (C=O) groups excluding carboxylic acids is 1. The SMILES string of the molecule is CC(C=O)c1cc(OCc2ccccc2)cc(N)c1O. The molecular formula is C16H17NO3.